The number of aryl methyl sites for hydroxylation is 1. The van der Waals surface area contributed by atoms with Crippen LogP contribution in [0.3, 0.4) is 0 Å². The Balaban J connectivity index is 1.92. The van der Waals surface area contributed by atoms with Crippen molar-refractivity contribution in [3.8, 4) is 5.75 Å². The molecule has 8 heteroatoms. The standard InChI is InChI=1S/C21H19FN2O4S/c1-14-7-12-19(28-2)20(13-14)29(26,27)24-18-6-4-3-5-17(18)21(25)23-16-10-8-15(22)9-11-16/h3-13,24H,1-2H3,(H,23,25). The van der Waals surface area contributed by atoms with E-state index in [4.69, 9.17) is 4.74 Å². The number of methoxy groups -OCH3 is 1. The maximum absolute atomic E-state index is 13.0. The van der Waals surface area contributed by atoms with Gasteiger partial charge in [0.2, 0.25) is 0 Å². The van der Waals surface area contributed by atoms with Gasteiger partial charge in [-0.2, -0.15) is 0 Å². The highest BCUT2D eigenvalue weighted by Gasteiger charge is 2.22. The Hall–Kier alpha value is -3.39. The molecule has 2 N–H and O–H groups in total. The van der Waals surface area contributed by atoms with Gasteiger partial charge in [0.05, 0.1) is 18.4 Å². The highest BCUT2D eigenvalue weighted by atomic mass is 32.2. The molecule has 0 aliphatic carbocycles. The molecule has 3 rings (SSSR count). The molecule has 0 atom stereocenters. The SMILES string of the molecule is COc1ccc(C)cc1S(=O)(=O)Nc1ccccc1C(=O)Nc1ccc(F)cc1. The summed E-state index contributed by atoms with van der Waals surface area (Å²) in [5.41, 5.74) is 1.35. The number of benzene rings is 3. The van der Waals surface area contributed by atoms with E-state index in [0.717, 1.165) is 5.56 Å². The predicted octanol–water partition coefficient (Wildman–Crippen LogP) is 4.20. The van der Waals surface area contributed by atoms with Gasteiger partial charge in [-0.05, 0) is 61.0 Å². The smallest absolute Gasteiger partial charge is 0.265 e. The Kier molecular flexibility index (Phi) is 5.84. The van der Waals surface area contributed by atoms with E-state index in [1.807, 2.05) is 0 Å². The minimum Gasteiger partial charge on any atom is -0.495 e. The molecule has 0 fully saturated rings. The number of ether oxygens (including phenoxy) is 1. The van der Waals surface area contributed by atoms with Crippen molar-refractivity contribution in [3.63, 3.8) is 0 Å². The maximum atomic E-state index is 13.0. The number of sulfonamides is 1. The van der Waals surface area contributed by atoms with Gasteiger partial charge in [0.1, 0.15) is 16.5 Å². The zero-order valence-corrected chi connectivity index (χ0v) is 16.6. The fraction of sp³-hybridized carbons (Fsp3) is 0.0952. The van der Waals surface area contributed by atoms with Crippen LogP contribution in [0, 0.1) is 12.7 Å². The number of carbonyl (C=O) groups is 1. The molecule has 6 nitrogen and oxygen atoms in total. The van der Waals surface area contributed by atoms with Gasteiger partial charge >= 0.3 is 0 Å². The van der Waals surface area contributed by atoms with Crippen LogP contribution in [0.2, 0.25) is 0 Å². The normalized spacial score (nSPS) is 11.0. The molecule has 0 saturated heterocycles. The monoisotopic (exact) mass is 414 g/mol. The number of rotatable bonds is 6. The number of carbonyl (C=O) groups excluding carboxylic acids is 1. The van der Waals surface area contributed by atoms with E-state index in [1.165, 1.54) is 49.6 Å². The molecule has 3 aromatic rings. The zero-order valence-electron chi connectivity index (χ0n) is 15.8. The highest BCUT2D eigenvalue weighted by Crippen LogP contribution is 2.28. The molecule has 29 heavy (non-hydrogen) atoms. The van der Waals surface area contributed by atoms with Gasteiger partial charge in [-0.25, -0.2) is 12.8 Å². The van der Waals surface area contributed by atoms with Crippen molar-refractivity contribution in [2.24, 2.45) is 0 Å². The van der Waals surface area contributed by atoms with Crippen LogP contribution < -0.4 is 14.8 Å². The first-order chi connectivity index (χ1) is 13.8. The van der Waals surface area contributed by atoms with Gasteiger partial charge in [-0.1, -0.05) is 18.2 Å². The number of hydrogen-bond acceptors (Lipinski definition) is 4. The average Bonchev–Trinajstić information content (AvgIpc) is 2.70. The second-order valence-corrected chi connectivity index (χ2v) is 7.92. The first-order valence-electron chi connectivity index (χ1n) is 8.63. The molecule has 1 amide bonds. The molecule has 0 heterocycles. The third-order valence-corrected chi connectivity index (χ3v) is 5.51. The first-order valence-corrected chi connectivity index (χ1v) is 10.1. The van der Waals surface area contributed by atoms with Crippen LogP contribution in [0.15, 0.2) is 71.6 Å². The second-order valence-electron chi connectivity index (χ2n) is 6.27. The van der Waals surface area contributed by atoms with Gasteiger partial charge < -0.3 is 10.1 Å². The van der Waals surface area contributed by atoms with Gasteiger partial charge in [-0.15, -0.1) is 0 Å². The van der Waals surface area contributed by atoms with Crippen LogP contribution in [-0.4, -0.2) is 21.4 Å². The highest BCUT2D eigenvalue weighted by molar-refractivity contribution is 7.92. The summed E-state index contributed by atoms with van der Waals surface area (Å²) in [4.78, 5) is 12.6. The molecule has 0 saturated carbocycles. The Morgan fingerprint density at radius 2 is 1.69 bits per heavy atom. The number of para-hydroxylation sites is 1. The third-order valence-electron chi connectivity index (χ3n) is 4.13. The molecule has 0 radical (unpaired) electrons. The van der Waals surface area contributed by atoms with Gasteiger partial charge in [0.15, 0.2) is 0 Å². The van der Waals surface area contributed by atoms with Crippen LogP contribution in [0.1, 0.15) is 15.9 Å². The summed E-state index contributed by atoms with van der Waals surface area (Å²) < 4.78 is 46.5. The van der Waals surface area contributed by atoms with E-state index >= 15 is 0 Å². The molecule has 3 aromatic carbocycles. The van der Waals surface area contributed by atoms with Crippen LogP contribution in [-0.2, 0) is 10.0 Å². The molecule has 0 aliphatic rings. The van der Waals surface area contributed by atoms with E-state index in [9.17, 15) is 17.6 Å². The summed E-state index contributed by atoms with van der Waals surface area (Å²) in [7, 11) is -2.63. The summed E-state index contributed by atoms with van der Waals surface area (Å²) in [6.07, 6.45) is 0. The van der Waals surface area contributed by atoms with Crippen molar-refractivity contribution in [2.45, 2.75) is 11.8 Å². The quantitative estimate of drug-likeness (QED) is 0.633. The lowest BCUT2D eigenvalue weighted by Crippen LogP contribution is -2.19. The van der Waals surface area contributed by atoms with Gasteiger partial charge in [-0.3, -0.25) is 9.52 Å². The second kappa shape index (κ2) is 8.32. The zero-order chi connectivity index (χ0) is 21.0. The van der Waals surface area contributed by atoms with E-state index in [2.05, 4.69) is 10.0 Å². The topological polar surface area (TPSA) is 84.5 Å². The van der Waals surface area contributed by atoms with Crippen molar-refractivity contribution in [3.05, 3.63) is 83.7 Å². The summed E-state index contributed by atoms with van der Waals surface area (Å²) in [6.45, 7) is 1.77. The van der Waals surface area contributed by atoms with Gasteiger partial charge in [0, 0.05) is 5.69 Å². The Morgan fingerprint density at radius 1 is 1.00 bits per heavy atom. The summed E-state index contributed by atoms with van der Waals surface area (Å²) in [5, 5.41) is 2.62. The van der Waals surface area contributed by atoms with Crippen molar-refractivity contribution in [2.75, 3.05) is 17.1 Å². The lowest BCUT2D eigenvalue weighted by atomic mass is 10.1. The minimum atomic E-state index is -4.02. The molecular weight excluding hydrogens is 395 g/mol. The Morgan fingerprint density at radius 3 is 2.38 bits per heavy atom. The molecule has 0 bridgehead atoms. The third kappa shape index (κ3) is 4.72. The fourth-order valence-corrected chi connectivity index (χ4v) is 4.03. The lowest BCUT2D eigenvalue weighted by molar-refractivity contribution is 0.102. The number of halogens is 1. The van der Waals surface area contributed by atoms with E-state index in [1.54, 1.807) is 31.2 Å². The average molecular weight is 414 g/mol. The fourth-order valence-electron chi connectivity index (χ4n) is 2.70. The Labute approximate surface area is 168 Å². The molecule has 150 valence electrons. The molecule has 0 unspecified atom stereocenters. The number of amides is 1. The summed E-state index contributed by atoms with van der Waals surface area (Å²) in [5.74, 6) is -0.772. The van der Waals surface area contributed by atoms with Crippen molar-refractivity contribution in [1.82, 2.24) is 0 Å². The lowest BCUT2D eigenvalue weighted by Gasteiger charge is -2.15. The van der Waals surface area contributed by atoms with Gasteiger partial charge in [0.25, 0.3) is 15.9 Å². The minimum absolute atomic E-state index is 0.0336. The molecule has 0 aromatic heterocycles. The van der Waals surface area contributed by atoms with Crippen LogP contribution >= 0.6 is 0 Å². The van der Waals surface area contributed by atoms with Crippen LogP contribution in [0.5, 0.6) is 5.75 Å². The number of nitrogens with one attached hydrogen (secondary N) is 2. The van der Waals surface area contributed by atoms with E-state index < -0.39 is 21.7 Å². The van der Waals surface area contributed by atoms with Crippen LogP contribution in [0.4, 0.5) is 15.8 Å². The summed E-state index contributed by atoms with van der Waals surface area (Å²) >= 11 is 0. The van der Waals surface area contributed by atoms with Crippen molar-refractivity contribution in [1.29, 1.82) is 0 Å². The molecule has 0 aliphatic heterocycles. The molecular formula is C21H19FN2O4S. The summed E-state index contributed by atoms with van der Waals surface area (Å²) in [6, 6.07) is 16.3. The van der Waals surface area contributed by atoms with Crippen molar-refractivity contribution >= 4 is 27.3 Å². The van der Waals surface area contributed by atoms with E-state index in [0.29, 0.717) is 5.69 Å². The largest absolute Gasteiger partial charge is 0.495 e. The first kappa shape index (κ1) is 20.3. The van der Waals surface area contributed by atoms with Crippen molar-refractivity contribution < 1.29 is 22.3 Å². The van der Waals surface area contributed by atoms with Crippen LogP contribution in [0.25, 0.3) is 0 Å². The molecule has 0 spiro atoms. The predicted molar refractivity (Wildman–Crippen MR) is 109 cm³/mol. The number of hydrogen-bond donors (Lipinski definition) is 2. The Bertz CT molecular complexity index is 1150. The maximum Gasteiger partial charge on any atom is 0.265 e. The number of anilines is 2. The van der Waals surface area contributed by atoms with E-state index in [-0.39, 0.29) is 21.9 Å².